The van der Waals surface area contributed by atoms with E-state index in [1.165, 1.54) is 0 Å². The van der Waals surface area contributed by atoms with Gasteiger partial charge in [-0.25, -0.2) is 4.98 Å². The molecule has 0 saturated carbocycles. The van der Waals surface area contributed by atoms with Crippen LogP contribution in [0.5, 0.6) is 0 Å². The van der Waals surface area contributed by atoms with Crippen molar-refractivity contribution in [2.75, 3.05) is 0 Å². The van der Waals surface area contributed by atoms with Crippen molar-refractivity contribution in [2.24, 2.45) is 5.41 Å². The molecule has 0 fully saturated rings. The lowest BCUT2D eigenvalue weighted by molar-refractivity contribution is -0.117. The summed E-state index contributed by atoms with van der Waals surface area (Å²) in [6.45, 7) is 7.94. The maximum atomic E-state index is 10.9. The largest absolute Gasteiger partial charge is 0.348 e. The molecule has 0 aliphatic heterocycles. The van der Waals surface area contributed by atoms with E-state index in [-0.39, 0.29) is 10.8 Å². The van der Waals surface area contributed by atoms with Crippen molar-refractivity contribution < 1.29 is 4.79 Å². The van der Waals surface area contributed by atoms with E-state index in [2.05, 4.69) is 9.97 Å². The van der Waals surface area contributed by atoms with Crippen LogP contribution in [-0.2, 0) is 10.2 Å². The van der Waals surface area contributed by atoms with Gasteiger partial charge in [-0.15, -0.1) is 0 Å². The highest BCUT2D eigenvalue weighted by Crippen LogP contribution is 2.38. The molecule has 0 aliphatic rings. The van der Waals surface area contributed by atoms with Gasteiger partial charge in [-0.1, -0.05) is 27.7 Å². The molecule has 0 amide bonds. The molecule has 72 valence electrons. The van der Waals surface area contributed by atoms with Gasteiger partial charge in [-0.3, -0.25) is 0 Å². The number of nitrogens with one attached hydrogen (secondary N) is 1. The van der Waals surface area contributed by atoms with Crippen LogP contribution in [0.25, 0.3) is 0 Å². The van der Waals surface area contributed by atoms with E-state index >= 15 is 0 Å². The Morgan fingerprint density at radius 3 is 2.38 bits per heavy atom. The molecule has 3 nitrogen and oxygen atoms in total. The predicted octanol–water partition coefficient (Wildman–Crippen LogP) is 1.91. The molecular formula is C10H16N2O. The van der Waals surface area contributed by atoms with Crippen molar-refractivity contribution in [1.82, 2.24) is 9.97 Å². The molecule has 0 atom stereocenters. The molecule has 1 heterocycles. The lowest BCUT2D eigenvalue weighted by Crippen LogP contribution is -2.38. The number of aldehydes is 1. The molecule has 3 heteroatoms. The number of hydrogen-bond donors (Lipinski definition) is 1. The van der Waals surface area contributed by atoms with Crippen LogP contribution < -0.4 is 0 Å². The maximum absolute atomic E-state index is 10.9. The monoisotopic (exact) mass is 180 g/mol. The lowest BCUT2D eigenvalue weighted by atomic mass is 9.67. The number of rotatable bonds is 3. The lowest BCUT2D eigenvalue weighted by Gasteiger charge is -2.36. The summed E-state index contributed by atoms with van der Waals surface area (Å²) >= 11 is 0. The first-order valence-electron chi connectivity index (χ1n) is 4.37. The van der Waals surface area contributed by atoms with Gasteiger partial charge in [0.25, 0.3) is 0 Å². The van der Waals surface area contributed by atoms with Gasteiger partial charge in [-0.05, 0) is 0 Å². The fourth-order valence-electron chi connectivity index (χ4n) is 1.09. The highest BCUT2D eigenvalue weighted by atomic mass is 16.1. The normalized spacial score (nSPS) is 12.9. The summed E-state index contributed by atoms with van der Waals surface area (Å²) in [7, 11) is 0. The second-order valence-corrected chi connectivity index (χ2v) is 4.43. The molecule has 0 aromatic carbocycles. The van der Waals surface area contributed by atoms with Crippen LogP contribution in [0.15, 0.2) is 12.5 Å². The van der Waals surface area contributed by atoms with Crippen molar-refractivity contribution in [2.45, 2.75) is 33.1 Å². The molecule has 13 heavy (non-hydrogen) atoms. The van der Waals surface area contributed by atoms with Crippen LogP contribution in [0, 0.1) is 5.41 Å². The highest BCUT2D eigenvalue weighted by molar-refractivity contribution is 5.61. The Morgan fingerprint density at radius 2 is 2.00 bits per heavy atom. The Balaban J connectivity index is 3.08. The van der Waals surface area contributed by atoms with Crippen molar-refractivity contribution in [3.63, 3.8) is 0 Å². The fraction of sp³-hybridized carbons (Fsp3) is 0.600. The molecular weight excluding hydrogens is 164 g/mol. The topological polar surface area (TPSA) is 45.8 Å². The third-order valence-electron chi connectivity index (χ3n) is 3.08. The minimum absolute atomic E-state index is 0.217. The Labute approximate surface area is 78.6 Å². The standard InChI is InChI=1S/C10H16N2O/c1-9(2,6-13)10(3,4)8-5-11-7-12-8/h5-7H,1-4H3,(H,11,12). The second-order valence-electron chi connectivity index (χ2n) is 4.43. The van der Waals surface area contributed by atoms with Gasteiger partial charge in [0.05, 0.1) is 6.33 Å². The van der Waals surface area contributed by atoms with E-state index in [0.29, 0.717) is 0 Å². The Kier molecular flexibility index (Phi) is 2.28. The number of carbonyl (C=O) groups excluding carboxylic acids is 1. The van der Waals surface area contributed by atoms with E-state index in [4.69, 9.17) is 0 Å². The quantitative estimate of drug-likeness (QED) is 0.722. The van der Waals surface area contributed by atoms with E-state index in [1.54, 1.807) is 12.5 Å². The molecule has 1 rings (SSSR count). The molecule has 1 aromatic rings. The third-order valence-corrected chi connectivity index (χ3v) is 3.08. The Hall–Kier alpha value is -1.12. The van der Waals surface area contributed by atoms with Gasteiger partial charge in [0, 0.05) is 22.7 Å². The van der Waals surface area contributed by atoms with Gasteiger partial charge in [-0.2, -0.15) is 0 Å². The second kappa shape index (κ2) is 2.98. The van der Waals surface area contributed by atoms with E-state index in [1.807, 2.05) is 27.7 Å². The minimum Gasteiger partial charge on any atom is -0.348 e. The number of carbonyl (C=O) groups is 1. The van der Waals surface area contributed by atoms with Crippen LogP contribution in [0.2, 0.25) is 0 Å². The minimum atomic E-state index is -0.389. The predicted molar refractivity (Wildman–Crippen MR) is 51.5 cm³/mol. The first kappa shape index (κ1) is 9.96. The Bertz CT molecular complexity index is 286. The summed E-state index contributed by atoms with van der Waals surface area (Å²) in [6, 6.07) is 0. The summed E-state index contributed by atoms with van der Waals surface area (Å²) in [5.74, 6) is 0. The molecule has 0 radical (unpaired) electrons. The van der Waals surface area contributed by atoms with E-state index in [9.17, 15) is 4.79 Å². The first-order chi connectivity index (χ1) is 5.92. The SMILES string of the molecule is CC(C)(C=O)C(C)(C)c1cnc[nH]1. The van der Waals surface area contributed by atoms with Crippen LogP contribution >= 0.6 is 0 Å². The molecule has 0 spiro atoms. The zero-order chi connectivity index (χ0) is 10.1. The molecule has 0 bridgehead atoms. The van der Waals surface area contributed by atoms with Crippen molar-refractivity contribution >= 4 is 6.29 Å². The number of H-pyrrole nitrogens is 1. The summed E-state index contributed by atoms with van der Waals surface area (Å²) in [5.41, 5.74) is 0.384. The number of aromatic amines is 1. The van der Waals surface area contributed by atoms with Crippen molar-refractivity contribution in [3.05, 3.63) is 18.2 Å². The van der Waals surface area contributed by atoms with Gasteiger partial charge < -0.3 is 9.78 Å². The summed E-state index contributed by atoms with van der Waals surface area (Å²) < 4.78 is 0. The average molecular weight is 180 g/mol. The first-order valence-corrected chi connectivity index (χ1v) is 4.37. The van der Waals surface area contributed by atoms with Crippen LogP contribution in [-0.4, -0.2) is 16.3 Å². The smallest absolute Gasteiger partial charge is 0.126 e. The molecule has 0 saturated heterocycles. The van der Waals surface area contributed by atoms with Gasteiger partial charge >= 0.3 is 0 Å². The number of nitrogens with zero attached hydrogens (tertiary/aromatic N) is 1. The fourth-order valence-corrected chi connectivity index (χ4v) is 1.09. The van der Waals surface area contributed by atoms with Gasteiger partial charge in [0.1, 0.15) is 6.29 Å². The molecule has 0 aliphatic carbocycles. The van der Waals surface area contributed by atoms with Crippen LogP contribution in [0.1, 0.15) is 33.4 Å². The zero-order valence-electron chi connectivity index (χ0n) is 8.59. The van der Waals surface area contributed by atoms with Gasteiger partial charge in [0.15, 0.2) is 0 Å². The average Bonchev–Trinajstić information content (AvgIpc) is 2.56. The van der Waals surface area contributed by atoms with Crippen LogP contribution in [0.4, 0.5) is 0 Å². The summed E-state index contributed by atoms with van der Waals surface area (Å²) in [6.07, 6.45) is 4.40. The highest BCUT2D eigenvalue weighted by Gasteiger charge is 2.39. The number of imidazole rings is 1. The van der Waals surface area contributed by atoms with E-state index in [0.717, 1.165) is 12.0 Å². The molecule has 1 aromatic heterocycles. The Morgan fingerprint density at radius 1 is 1.38 bits per heavy atom. The number of aromatic nitrogens is 2. The zero-order valence-corrected chi connectivity index (χ0v) is 8.59. The third kappa shape index (κ3) is 1.50. The number of hydrogen-bond acceptors (Lipinski definition) is 2. The van der Waals surface area contributed by atoms with Crippen molar-refractivity contribution in [3.8, 4) is 0 Å². The van der Waals surface area contributed by atoms with E-state index < -0.39 is 0 Å². The van der Waals surface area contributed by atoms with Crippen molar-refractivity contribution in [1.29, 1.82) is 0 Å². The maximum Gasteiger partial charge on any atom is 0.126 e. The summed E-state index contributed by atoms with van der Waals surface area (Å²) in [4.78, 5) is 17.9. The summed E-state index contributed by atoms with van der Waals surface area (Å²) in [5, 5.41) is 0. The van der Waals surface area contributed by atoms with Gasteiger partial charge in [0.2, 0.25) is 0 Å². The van der Waals surface area contributed by atoms with Crippen LogP contribution in [0.3, 0.4) is 0 Å². The molecule has 1 N–H and O–H groups in total. The molecule has 0 unspecified atom stereocenters.